The average molecular weight is 221 g/mol. The Morgan fingerprint density at radius 3 is 3.00 bits per heavy atom. The van der Waals surface area contributed by atoms with Gasteiger partial charge in [-0.1, -0.05) is 6.07 Å². The second-order valence-electron chi connectivity index (χ2n) is 4.29. The number of nitrogens with zero attached hydrogens (tertiary/aromatic N) is 2. The number of rotatable bonds is 4. The van der Waals surface area contributed by atoms with Crippen LogP contribution >= 0.6 is 0 Å². The third kappa shape index (κ3) is 2.78. The van der Waals surface area contributed by atoms with Crippen molar-refractivity contribution in [1.29, 1.82) is 0 Å². The molecular weight excluding hydrogens is 202 g/mol. The Hall–Kier alpha value is -0.970. The molecule has 1 aliphatic heterocycles. The van der Waals surface area contributed by atoms with Crippen LogP contribution in [0.2, 0.25) is 0 Å². The van der Waals surface area contributed by atoms with E-state index in [0.29, 0.717) is 12.6 Å². The molecule has 2 N–H and O–H groups in total. The maximum Gasteiger partial charge on any atom is 0.0622 e. The van der Waals surface area contributed by atoms with Crippen molar-refractivity contribution in [2.75, 3.05) is 20.3 Å². The first-order valence-electron chi connectivity index (χ1n) is 5.71. The van der Waals surface area contributed by atoms with Crippen LogP contribution in [0.1, 0.15) is 17.7 Å². The molecule has 1 atom stereocenters. The van der Waals surface area contributed by atoms with Gasteiger partial charge in [-0.15, -0.1) is 0 Å². The molecule has 0 amide bonds. The fraction of sp³-hybridized carbons (Fsp3) is 0.583. The van der Waals surface area contributed by atoms with Gasteiger partial charge in [0.25, 0.3) is 0 Å². The smallest absolute Gasteiger partial charge is 0.0622 e. The fourth-order valence-corrected chi connectivity index (χ4v) is 1.92. The van der Waals surface area contributed by atoms with Gasteiger partial charge >= 0.3 is 0 Å². The molecule has 88 valence electrons. The lowest BCUT2D eigenvalue weighted by Gasteiger charge is -2.22. The van der Waals surface area contributed by atoms with Gasteiger partial charge in [-0.2, -0.15) is 0 Å². The van der Waals surface area contributed by atoms with Gasteiger partial charge in [-0.05, 0) is 25.1 Å². The Kier molecular flexibility index (Phi) is 3.88. The van der Waals surface area contributed by atoms with Crippen LogP contribution in [0.15, 0.2) is 18.3 Å². The van der Waals surface area contributed by atoms with E-state index in [9.17, 15) is 0 Å². The molecule has 0 aliphatic carbocycles. The molecule has 4 heteroatoms. The maximum atomic E-state index is 5.53. The molecule has 0 radical (unpaired) electrons. The minimum absolute atomic E-state index is 0.538. The zero-order valence-electron chi connectivity index (χ0n) is 9.72. The Labute approximate surface area is 96.4 Å². The number of pyridine rings is 1. The summed E-state index contributed by atoms with van der Waals surface area (Å²) in [6.45, 7) is 3.16. The number of hydrogen-bond acceptors (Lipinski definition) is 4. The second-order valence-corrected chi connectivity index (χ2v) is 4.29. The van der Waals surface area contributed by atoms with Gasteiger partial charge in [-0.25, -0.2) is 0 Å². The highest BCUT2D eigenvalue weighted by molar-refractivity contribution is 5.13. The van der Waals surface area contributed by atoms with Gasteiger partial charge in [0.1, 0.15) is 0 Å². The van der Waals surface area contributed by atoms with Gasteiger partial charge in [0, 0.05) is 31.9 Å². The van der Waals surface area contributed by atoms with Gasteiger partial charge in [0.05, 0.1) is 12.3 Å². The summed E-state index contributed by atoms with van der Waals surface area (Å²) in [5.74, 6) is 0. The summed E-state index contributed by atoms with van der Waals surface area (Å²) in [7, 11) is 2.12. The molecule has 1 aliphatic rings. The minimum Gasteiger partial charge on any atom is -0.380 e. The summed E-state index contributed by atoms with van der Waals surface area (Å²) in [5, 5.41) is 0. The molecule has 1 fully saturated rings. The molecule has 2 rings (SSSR count). The van der Waals surface area contributed by atoms with Crippen LogP contribution in [0, 0.1) is 0 Å². The molecule has 0 bridgehead atoms. The summed E-state index contributed by atoms with van der Waals surface area (Å²) in [4.78, 5) is 6.70. The monoisotopic (exact) mass is 221 g/mol. The van der Waals surface area contributed by atoms with Crippen LogP contribution in [0.3, 0.4) is 0 Å². The van der Waals surface area contributed by atoms with Crippen molar-refractivity contribution in [3.63, 3.8) is 0 Å². The fourth-order valence-electron chi connectivity index (χ4n) is 1.92. The van der Waals surface area contributed by atoms with Gasteiger partial charge in [0.15, 0.2) is 0 Å². The SMILES string of the molecule is CN(Cc1ccc(CN)cn1)C1CCOC1. The minimum atomic E-state index is 0.538. The molecule has 1 saturated heterocycles. The van der Waals surface area contributed by atoms with Crippen molar-refractivity contribution in [2.24, 2.45) is 5.73 Å². The molecule has 16 heavy (non-hydrogen) atoms. The summed E-state index contributed by atoms with van der Waals surface area (Å²) >= 11 is 0. The number of hydrogen-bond donors (Lipinski definition) is 1. The van der Waals surface area contributed by atoms with Crippen LogP contribution in [0.5, 0.6) is 0 Å². The number of ether oxygens (including phenoxy) is 1. The van der Waals surface area contributed by atoms with E-state index in [2.05, 4.69) is 23.0 Å². The Morgan fingerprint density at radius 1 is 1.56 bits per heavy atom. The number of aromatic nitrogens is 1. The molecular formula is C12H19N3O. The Bertz CT molecular complexity index is 320. The maximum absolute atomic E-state index is 5.53. The highest BCUT2D eigenvalue weighted by Crippen LogP contribution is 2.13. The van der Waals surface area contributed by atoms with Gasteiger partial charge in [0.2, 0.25) is 0 Å². The third-order valence-corrected chi connectivity index (χ3v) is 3.06. The van der Waals surface area contributed by atoms with E-state index in [1.807, 2.05) is 12.3 Å². The predicted molar refractivity (Wildman–Crippen MR) is 62.8 cm³/mol. The van der Waals surface area contributed by atoms with E-state index < -0.39 is 0 Å². The zero-order valence-corrected chi connectivity index (χ0v) is 9.72. The van der Waals surface area contributed by atoms with Crippen LogP contribution < -0.4 is 5.73 Å². The third-order valence-electron chi connectivity index (χ3n) is 3.06. The van der Waals surface area contributed by atoms with Crippen LogP contribution in [0.4, 0.5) is 0 Å². The van der Waals surface area contributed by atoms with Crippen molar-refractivity contribution in [1.82, 2.24) is 9.88 Å². The first kappa shape index (κ1) is 11.5. The molecule has 1 unspecified atom stereocenters. The zero-order chi connectivity index (χ0) is 11.4. The molecule has 0 aromatic carbocycles. The second kappa shape index (κ2) is 5.39. The summed E-state index contributed by atoms with van der Waals surface area (Å²) in [6, 6.07) is 4.63. The summed E-state index contributed by atoms with van der Waals surface area (Å²) < 4.78 is 5.37. The first-order valence-corrected chi connectivity index (χ1v) is 5.71. The molecule has 1 aromatic heterocycles. The van der Waals surface area contributed by atoms with Crippen LogP contribution in [-0.2, 0) is 17.8 Å². The molecule has 4 nitrogen and oxygen atoms in total. The van der Waals surface area contributed by atoms with Gasteiger partial charge < -0.3 is 10.5 Å². The van der Waals surface area contributed by atoms with E-state index in [0.717, 1.165) is 37.4 Å². The van der Waals surface area contributed by atoms with E-state index in [1.54, 1.807) is 0 Å². The van der Waals surface area contributed by atoms with E-state index >= 15 is 0 Å². The van der Waals surface area contributed by atoms with Crippen molar-refractivity contribution < 1.29 is 4.74 Å². The van der Waals surface area contributed by atoms with Crippen molar-refractivity contribution in [3.8, 4) is 0 Å². The largest absolute Gasteiger partial charge is 0.380 e. The molecule has 0 saturated carbocycles. The number of likely N-dealkylation sites (N-methyl/N-ethyl adjacent to an activating group) is 1. The van der Waals surface area contributed by atoms with Crippen molar-refractivity contribution >= 4 is 0 Å². The normalized spacial score (nSPS) is 20.6. The molecule has 1 aromatic rings. The lowest BCUT2D eigenvalue weighted by atomic mass is 10.2. The van der Waals surface area contributed by atoms with E-state index in [-0.39, 0.29) is 0 Å². The van der Waals surface area contributed by atoms with Crippen LogP contribution in [0.25, 0.3) is 0 Å². The lowest BCUT2D eigenvalue weighted by molar-refractivity contribution is 0.155. The Balaban J connectivity index is 1.92. The molecule has 2 heterocycles. The highest BCUT2D eigenvalue weighted by atomic mass is 16.5. The molecule has 0 spiro atoms. The summed E-state index contributed by atoms with van der Waals surface area (Å²) in [5.41, 5.74) is 7.70. The van der Waals surface area contributed by atoms with Crippen molar-refractivity contribution in [2.45, 2.75) is 25.6 Å². The lowest BCUT2D eigenvalue weighted by Crippen LogP contribution is -2.31. The highest BCUT2D eigenvalue weighted by Gasteiger charge is 2.20. The standard InChI is InChI=1S/C12H19N3O/c1-15(12-4-5-16-9-12)8-11-3-2-10(6-13)7-14-11/h2-3,7,12H,4-6,8-9,13H2,1H3. The number of nitrogens with two attached hydrogens (primary N) is 1. The average Bonchev–Trinajstić information content (AvgIpc) is 2.83. The predicted octanol–water partition coefficient (Wildman–Crippen LogP) is 0.761. The Morgan fingerprint density at radius 2 is 2.44 bits per heavy atom. The quantitative estimate of drug-likeness (QED) is 0.815. The van der Waals surface area contributed by atoms with Crippen LogP contribution in [-0.4, -0.2) is 36.2 Å². The van der Waals surface area contributed by atoms with E-state index in [4.69, 9.17) is 10.5 Å². The summed E-state index contributed by atoms with van der Waals surface area (Å²) in [6.07, 6.45) is 2.98. The first-order chi connectivity index (χ1) is 7.79. The van der Waals surface area contributed by atoms with Gasteiger partial charge in [-0.3, -0.25) is 9.88 Å². The van der Waals surface area contributed by atoms with E-state index in [1.165, 1.54) is 0 Å². The topological polar surface area (TPSA) is 51.4 Å². The van der Waals surface area contributed by atoms with Crippen molar-refractivity contribution in [3.05, 3.63) is 29.6 Å².